The number of carbonyl (C=O) groups excluding carboxylic acids is 2. The highest BCUT2D eigenvalue weighted by Crippen LogP contribution is 2.51. The summed E-state index contributed by atoms with van der Waals surface area (Å²) in [7, 11) is -8.23. The van der Waals surface area contributed by atoms with E-state index >= 15 is 0 Å². The zero-order chi connectivity index (χ0) is 92.4. The normalized spacial score (nSPS) is 16.6. The molecule has 17 nitrogen and oxygen atoms in total. The van der Waals surface area contributed by atoms with Crippen molar-refractivity contribution in [1.29, 1.82) is 0 Å². The summed E-state index contributed by atoms with van der Waals surface area (Å²) in [5.74, 6) is -8.54. The molecule has 128 heavy (non-hydrogen) atoms. The zero-order valence-electron chi connectivity index (χ0n) is 67.4. The second-order valence-corrected chi connectivity index (χ2v) is 35.5. The Morgan fingerprint density at radius 3 is 1.45 bits per heavy atom. The molecule has 1 fully saturated rings. The number of epoxide rings is 1. The fraction of sp³-hybridized carbons (Fsp3) is 0.226. The lowest BCUT2D eigenvalue weighted by atomic mass is 9.90. The summed E-state index contributed by atoms with van der Waals surface area (Å²) in [6.07, 6.45) is 3.46. The highest BCUT2D eigenvalue weighted by Gasteiger charge is 2.49. The predicted octanol–water partition coefficient (Wildman–Crippen LogP) is 21.7. The molecule has 0 spiro atoms. The van der Waals surface area contributed by atoms with Crippen molar-refractivity contribution in [2.45, 2.75) is 87.8 Å². The highest BCUT2D eigenvalue weighted by atomic mass is 35.5. The Hall–Kier alpha value is -9.94. The standard InChI is InChI=1S/C26H23ClF2O5S.C15H9ClF2O3S.C15H11ClF2O2S.C11H14O2.C9H6F2O2.C9H6F2O.C6H5ClS.C2H6O2/c27-19-6-8-21(9-7-19)35(31,32)26-18(16-34-25-23(29)11-10-22(28)24(25)26)14-20(30)12-13-33-15-17-4-2-1-3-5-17;16-9-1-3-10(4-2-9)22(19,20)13-7-8-21-15-12(18)6-5-11(17)14(13)15;16-8-1-3-9(4-2-8)21-15-12(19)7-20-14-11(18)6-5-10(17)13(14)15;1-10(12)7-8-13-9-11-5-3-2-4-6-11;10-4-1-2-5(11)8-7(4)9-6(13-9)3-12-8;10-7-3-4-8(11)9-6(7)2-1-5-12-9;7-5-1-3-6(8)4-2-5;3-1-2-4/h1-11,18,26H,12-16H2;1-7H,8H2;1-6,12,15,19H,7H2;2-6H,7-9H2,1H3;1-2,6,9H,3H2;1-4H,5H2;1-4,8H;3-4H,1-2H2/t18-,26+;;;;;;;/m1......./s1. The average Bonchev–Trinajstić information content (AvgIpc) is 0.900. The number of halogens is 14. The summed E-state index contributed by atoms with van der Waals surface area (Å²) < 4.78 is 231. The van der Waals surface area contributed by atoms with Crippen LogP contribution in [0.15, 0.2) is 250 Å². The number of thiol groups is 1. The monoisotopic (exact) mass is 1930 g/mol. The number of aliphatic hydroxyl groups excluding tert-OH is 3. The fourth-order valence-electron chi connectivity index (χ4n) is 12.8. The van der Waals surface area contributed by atoms with Crippen molar-refractivity contribution < 1.29 is 124 Å². The van der Waals surface area contributed by atoms with Crippen LogP contribution in [0.25, 0.3) is 11.0 Å². The van der Waals surface area contributed by atoms with Gasteiger partial charge in [-0.1, -0.05) is 107 Å². The van der Waals surface area contributed by atoms with Gasteiger partial charge < -0.3 is 53.2 Å². The van der Waals surface area contributed by atoms with E-state index in [0.29, 0.717) is 54.5 Å². The van der Waals surface area contributed by atoms with Crippen LogP contribution in [0.5, 0.6) is 28.7 Å². The first-order chi connectivity index (χ1) is 61.3. The number of fused-ring (bicyclic) bond motifs is 7. The van der Waals surface area contributed by atoms with E-state index < -0.39 is 117 Å². The number of Topliss-reactive ketones (excluding diaryl/α,β-unsaturated/α-hetero) is 2. The molecule has 11 aromatic rings. The third kappa shape index (κ3) is 27.6. The molecule has 0 radical (unpaired) electrons. The van der Waals surface area contributed by atoms with Gasteiger partial charge in [-0.2, -0.15) is 0 Å². The molecule has 3 N–H and O–H groups in total. The number of hydrogen-bond donors (Lipinski definition) is 4. The van der Waals surface area contributed by atoms with E-state index in [1.165, 1.54) is 72.4 Å². The topological polar surface area (TPSA) is 240 Å². The van der Waals surface area contributed by atoms with Crippen LogP contribution in [0.2, 0.25) is 20.1 Å². The maximum absolute atomic E-state index is 14.9. The Balaban J connectivity index is 0.000000161. The second-order valence-electron chi connectivity index (χ2n) is 28.1. The number of sulfone groups is 2. The number of thioether (sulfide) groups is 1. The Morgan fingerprint density at radius 2 is 0.914 bits per heavy atom. The quantitative estimate of drug-likeness (QED) is 0.0255. The van der Waals surface area contributed by atoms with Gasteiger partial charge in [0.05, 0.1) is 88.4 Å². The minimum atomic E-state index is -4.22. The fourth-order valence-corrected chi connectivity index (χ4v) is 18.1. The van der Waals surface area contributed by atoms with E-state index in [0.717, 1.165) is 86.6 Å². The number of carbonyl (C=O) groups is 2. The van der Waals surface area contributed by atoms with Gasteiger partial charge in [0.2, 0.25) is 9.84 Å². The lowest BCUT2D eigenvalue weighted by Gasteiger charge is -2.33. The Morgan fingerprint density at radius 1 is 0.477 bits per heavy atom. The maximum atomic E-state index is 14.9. The van der Waals surface area contributed by atoms with Gasteiger partial charge in [0.25, 0.3) is 0 Å². The lowest BCUT2D eigenvalue weighted by molar-refractivity contribution is -0.121. The van der Waals surface area contributed by atoms with E-state index in [1.807, 2.05) is 84.9 Å². The third-order valence-corrected chi connectivity index (χ3v) is 25.7. The van der Waals surface area contributed by atoms with Crippen LogP contribution in [-0.4, -0.2) is 115 Å². The number of benzene rings is 11. The number of ketones is 2. The first kappa shape index (κ1) is 100. The van der Waals surface area contributed by atoms with Crippen molar-refractivity contribution in [2.24, 2.45) is 5.92 Å². The van der Waals surface area contributed by atoms with E-state index in [4.69, 9.17) is 94.5 Å². The predicted molar refractivity (Wildman–Crippen MR) is 468 cm³/mol. The van der Waals surface area contributed by atoms with Crippen molar-refractivity contribution >= 4 is 113 Å². The third-order valence-electron chi connectivity index (χ3n) is 19.0. The number of hydrogen-bond acceptors (Lipinski definition) is 19. The van der Waals surface area contributed by atoms with Crippen LogP contribution >= 0.6 is 70.8 Å². The van der Waals surface area contributed by atoms with Gasteiger partial charge in [0.15, 0.2) is 67.7 Å². The van der Waals surface area contributed by atoms with Crippen molar-refractivity contribution in [3.63, 3.8) is 0 Å². The molecular formula is C93H80Cl4F10O17S4. The summed E-state index contributed by atoms with van der Waals surface area (Å²) in [5.41, 5.74) is 1.81. The molecule has 0 saturated carbocycles. The molecule has 6 aliphatic heterocycles. The van der Waals surface area contributed by atoms with Gasteiger partial charge in [-0.05, 0) is 194 Å². The molecule has 6 aliphatic rings. The van der Waals surface area contributed by atoms with Crippen LogP contribution in [0.3, 0.4) is 0 Å². The summed E-state index contributed by atoms with van der Waals surface area (Å²) in [6.45, 7) is 3.06. The zero-order valence-corrected chi connectivity index (χ0v) is 73.8. The smallest absolute Gasteiger partial charge is 0.207 e. The van der Waals surface area contributed by atoms with Gasteiger partial charge >= 0.3 is 0 Å². The van der Waals surface area contributed by atoms with Crippen molar-refractivity contribution in [1.82, 2.24) is 0 Å². The van der Waals surface area contributed by atoms with Gasteiger partial charge in [-0.15, -0.1) is 24.4 Å². The minimum absolute atomic E-state index is 0.0116. The molecule has 0 bridgehead atoms. The highest BCUT2D eigenvalue weighted by molar-refractivity contribution is 8.00. The first-order valence-corrected chi connectivity index (χ1v) is 44.7. The van der Waals surface area contributed by atoms with Crippen LogP contribution < -0.4 is 23.7 Å². The molecule has 6 heterocycles. The van der Waals surface area contributed by atoms with E-state index in [2.05, 4.69) is 12.6 Å². The van der Waals surface area contributed by atoms with Crippen molar-refractivity contribution in [2.75, 3.05) is 59.5 Å². The molecule has 1 saturated heterocycles. The maximum Gasteiger partial charge on any atom is 0.207 e. The molecule has 35 heteroatoms. The molecule has 0 amide bonds. The Kier molecular flexibility index (Phi) is 37.7. The van der Waals surface area contributed by atoms with Gasteiger partial charge in [0.1, 0.15) is 90.6 Å². The summed E-state index contributed by atoms with van der Waals surface area (Å²) >= 11 is 28.4. The largest absolute Gasteiger partial charge is 0.490 e. The molecule has 0 aliphatic carbocycles. The molecule has 0 aromatic heterocycles. The van der Waals surface area contributed by atoms with Crippen LogP contribution in [0.1, 0.15) is 81.7 Å². The van der Waals surface area contributed by atoms with Gasteiger partial charge in [-0.3, -0.25) is 9.59 Å². The van der Waals surface area contributed by atoms with E-state index in [1.54, 1.807) is 37.3 Å². The van der Waals surface area contributed by atoms with Crippen LogP contribution in [0.4, 0.5) is 43.9 Å². The Bertz CT molecular complexity index is 5890. The molecule has 676 valence electrons. The van der Waals surface area contributed by atoms with Crippen molar-refractivity contribution in [3.8, 4) is 28.7 Å². The van der Waals surface area contributed by atoms with Gasteiger partial charge in [0, 0.05) is 60.6 Å². The van der Waals surface area contributed by atoms with Crippen LogP contribution in [0, 0.1) is 64.1 Å². The van der Waals surface area contributed by atoms with Crippen molar-refractivity contribution in [3.05, 3.63) is 348 Å². The van der Waals surface area contributed by atoms with E-state index in [9.17, 15) is 75.4 Å². The summed E-state index contributed by atoms with van der Waals surface area (Å²) in [6, 6.07) is 54.4. The number of ether oxygens (including phenoxy) is 8. The first-order valence-electron chi connectivity index (χ1n) is 38.9. The minimum Gasteiger partial charge on any atom is -0.490 e. The second kappa shape index (κ2) is 48.1. The van der Waals surface area contributed by atoms with Gasteiger partial charge in [-0.25, -0.2) is 60.7 Å². The molecule has 6 atom stereocenters. The van der Waals surface area contributed by atoms with Crippen LogP contribution in [-0.2, 0) is 56.7 Å². The summed E-state index contributed by atoms with van der Waals surface area (Å²) in [4.78, 5) is 24.6. The SMILES string of the molecule is CC(=O)CCOCc1ccccc1.Fc1ccc(F)c2c1C=CCO2.Fc1ccc(F)c2c1OCC1OC21.O=C(CCOCc1ccccc1)C[C@@H]1COc2c(F)ccc(F)c2[C@H]1S(=O)(=O)c1ccc(Cl)cc1.O=S(=O)(C1=CCOc2c(F)ccc(F)c21)c1ccc(Cl)cc1.OC1COc2c(F)ccc(F)c2C1Sc1ccc(Cl)cc1.OCCO.Sc1ccc(Cl)cc1. The molecule has 17 rings (SSSR count). The molecule has 11 aromatic carbocycles. The average molecular weight is 1930 g/mol. The molecule has 4 unspecified atom stereocenters. The number of rotatable bonds is 19. The summed E-state index contributed by atoms with van der Waals surface area (Å²) in [5, 5.41) is 25.2. The lowest BCUT2D eigenvalue weighted by Crippen LogP contribution is -2.34. The molecular weight excluding hydrogens is 1850 g/mol. The number of aliphatic hydroxyl groups is 3. The van der Waals surface area contributed by atoms with E-state index in [-0.39, 0.29) is 130 Å². The Labute approximate surface area is 760 Å².